The highest BCUT2D eigenvalue weighted by atomic mass is 19.1. The highest BCUT2D eigenvalue weighted by molar-refractivity contribution is 5.95. The fourth-order valence-electron chi connectivity index (χ4n) is 4.79. The van der Waals surface area contributed by atoms with Crippen LogP contribution in [-0.4, -0.2) is 52.4 Å². The number of hydrogen-bond donors (Lipinski definition) is 0. The molecule has 4 aromatic carbocycles. The van der Waals surface area contributed by atoms with E-state index < -0.39 is 11.9 Å². The van der Waals surface area contributed by atoms with E-state index in [9.17, 15) is 14.0 Å². The summed E-state index contributed by atoms with van der Waals surface area (Å²) in [6.07, 6.45) is 0. The molecule has 0 aliphatic heterocycles. The van der Waals surface area contributed by atoms with Gasteiger partial charge in [-0.25, -0.2) is 9.37 Å². The van der Waals surface area contributed by atoms with E-state index in [2.05, 4.69) is 0 Å². The lowest BCUT2D eigenvalue weighted by molar-refractivity contribution is 0.0667. The van der Waals surface area contributed by atoms with Gasteiger partial charge in [0, 0.05) is 18.7 Å². The predicted octanol–water partition coefficient (Wildman–Crippen LogP) is 5.96. The van der Waals surface area contributed by atoms with Crippen LogP contribution in [0.5, 0.6) is 0 Å². The molecule has 40 heavy (non-hydrogen) atoms. The van der Waals surface area contributed by atoms with Crippen LogP contribution in [0.2, 0.25) is 0 Å². The number of aromatic nitrogens is 2. The molecule has 0 unspecified atom stereocenters. The molecule has 1 aromatic heterocycles. The van der Waals surface area contributed by atoms with E-state index in [1.165, 1.54) is 16.7 Å². The fourth-order valence-corrected chi connectivity index (χ4v) is 4.79. The minimum Gasteiger partial charge on any atom is -0.327 e. The second-order valence-corrected chi connectivity index (χ2v) is 10.0. The Hall–Kier alpha value is -4.62. The smallest absolute Gasteiger partial charge is 0.266 e. The van der Waals surface area contributed by atoms with Crippen molar-refractivity contribution in [1.82, 2.24) is 19.4 Å². The van der Waals surface area contributed by atoms with Gasteiger partial charge in [0.15, 0.2) is 0 Å². The first kappa shape index (κ1) is 27.0. The Morgan fingerprint density at radius 3 is 2.12 bits per heavy atom. The molecule has 5 rings (SSSR count). The Balaban J connectivity index is 1.59. The normalized spacial score (nSPS) is 12.0. The van der Waals surface area contributed by atoms with Gasteiger partial charge in [0.1, 0.15) is 11.6 Å². The van der Waals surface area contributed by atoms with Crippen LogP contribution in [0.15, 0.2) is 108 Å². The van der Waals surface area contributed by atoms with E-state index in [-0.39, 0.29) is 11.5 Å². The van der Waals surface area contributed by atoms with E-state index in [0.717, 1.165) is 11.1 Å². The largest absolute Gasteiger partial charge is 0.327 e. The van der Waals surface area contributed by atoms with E-state index in [1.807, 2.05) is 86.6 Å². The number of carbonyl (C=O) groups excluding carboxylic acids is 1. The summed E-state index contributed by atoms with van der Waals surface area (Å²) in [6, 6.07) is 29.8. The minimum atomic E-state index is -0.566. The number of hydrogen-bond acceptors (Lipinski definition) is 4. The first-order chi connectivity index (χ1) is 19.3. The van der Waals surface area contributed by atoms with Gasteiger partial charge in [-0.2, -0.15) is 0 Å². The van der Waals surface area contributed by atoms with Crippen molar-refractivity contribution in [1.29, 1.82) is 0 Å². The third-order valence-corrected chi connectivity index (χ3v) is 7.02. The molecule has 1 heterocycles. The second kappa shape index (κ2) is 11.6. The lowest BCUT2D eigenvalue weighted by Gasteiger charge is -2.31. The molecule has 0 saturated carbocycles. The zero-order valence-corrected chi connectivity index (χ0v) is 22.8. The summed E-state index contributed by atoms with van der Waals surface area (Å²) in [5, 5.41) is 0.449. The van der Waals surface area contributed by atoms with Gasteiger partial charge in [-0.05, 0) is 80.7 Å². The van der Waals surface area contributed by atoms with Crippen LogP contribution in [0, 0.1) is 5.82 Å². The molecule has 5 aromatic rings. The SMILES string of the molecule is C[C@H](c1nc2ccccc2c(=O)n1-c1ccc(F)cc1)N(CCN(C)C)C(=O)c1ccc(-c2ccccc2)cc1. The van der Waals surface area contributed by atoms with Gasteiger partial charge < -0.3 is 9.80 Å². The lowest BCUT2D eigenvalue weighted by atomic mass is 10.0. The molecule has 202 valence electrons. The average Bonchev–Trinajstić information content (AvgIpc) is 2.98. The van der Waals surface area contributed by atoms with Crippen LogP contribution in [-0.2, 0) is 0 Å². The zero-order valence-electron chi connectivity index (χ0n) is 22.8. The number of carbonyl (C=O) groups is 1. The molecular formula is C33H31FN4O2. The van der Waals surface area contributed by atoms with Gasteiger partial charge in [0.05, 0.1) is 22.6 Å². The number of benzene rings is 4. The predicted molar refractivity (Wildman–Crippen MR) is 157 cm³/mol. The maximum atomic E-state index is 14.0. The van der Waals surface area contributed by atoms with Crippen molar-refractivity contribution in [3.63, 3.8) is 0 Å². The van der Waals surface area contributed by atoms with E-state index in [1.54, 1.807) is 35.2 Å². The third-order valence-electron chi connectivity index (χ3n) is 7.02. The lowest BCUT2D eigenvalue weighted by Crippen LogP contribution is -2.41. The van der Waals surface area contributed by atoms with Crippen LogP contribution in [0.4, 0.5) is 4.39 Å². The summed E-state index contributed by atoms with van der Waals surface area (Å²) in [5.74, 6) is -0.160. The molecule has 0 saturated heterocycles. The Morgan fingerprint density at radius 2 is 1.45 bits per heavy atom. The van der Waals surface area contributed by atoms with Crippen molar-refractivity contribution < 1.29 is 9.18 Å². The highest BCUT2D eigenvalue weighted by Gasteiger charge is 2.28. The van der Waals surface area contributed by atoms with E-state index in [4.69, 9.17) is 4.98 Å². The summed E-state index contributed by atoms with van der Waals surface area (Å²) in [5.41, 5.74) is 3.39. The molecule has 0 N–H and O–H groups in total. The van der Waals surface area contributed by atoms with Gasteiger partial charge in [0.25, 0.3) is 11.5 Å². The molecule has 6 nitrogen and oxygen atoms in total. The molecule has 0 spiro atoms. The maximum Gasteiger partial charge on any atom is 0.266 e. The Labute approximate surface area is 232 Å². The summed E-state index contributed by atoms with van der Waals surface area (Å²) in [6.45, 7) is 2.91. The van der Waals surface area contributed by atoms with Crippen LogP contribution in [0.25, 0.3) is 27.7 Å². The molecule has 0 aliphatic carbocycles. The van der Waals surface area contributed by atoms with Crippen LogP contribution in [0.1, 0.15) is 29.1 Å². The monoisotopic (exact) mass is 534 g/mol. The van der Waals surface area contributed by atoms with Crippen molar-refractivity contribution in [2.45, 2.75) is 13.0 Å². The van der Waals surface area contributed by atoms with Crippen LogP contribution in [0.3, 0.4) is 0 Å². The molecule has 7 heteroatoms. The van der Waals surface area contributed by atoms with Crippen LogP contribution < -0.4 is 5.56 Å². The Kier molecular flexibility index (Phi) is 7.84. The second-order valence-electron chi connectivity index (χ2n) is 10.0. The topological polar surface area (TPSA) is 58.4 Å². The molecule has 0 radical (unpaired) electrons. The van der Waals surface area contributed by atoms with Gasteiger partial charge in [0.2, 0.25) is 0 Å². The van der Waals surface area contributed by atoms with Crippen molar-refractivity contribution in [3.8, 4) is 16.8 Å². The first-order valence-corrected chi connectivity index (χ1v) is 13.2. The zero-order chi connectivity index (χ0) is 28.2. The average molecular weight is 535 g/mol. The molecule has 0 fully saturated rings. The summed E-state index contributed by atoms with van der Waals surface area (Å²) < 4.78 is 15.3. The number of nitrogens with zero attached hydrogens (tertiary/aromatic N) is 4. The minimum absolute atomic E-state index is 0.165. The van der Waals surface area contributed by atoms with E-state index >= 15 is 0 Å². The third kappa shape index (κ3) is 5.55. The van der Waals surface area contributed by atoms with Gasteiger partial charge in [-0.15, -0.1) is 0 Å². The molecule has 1 atom stereocenters. The summed E-state index contributed by atoms with van der Waals surface area (Å²) in [4.78, 5) is 36.4. The quantitative estimate of drug-likeness (QED) is 0.247. The number of likely N-dealkylation sites (N-methyl/N-ethyl adjacent to an activating group) is 1. The van der Waals surface area contributed by atoms with E-state index in [0.29, 0.717) is 41.1 Å². The van der Waals surface area contributed by atoms with Crippen molar-refractivity contribution in [2.24, 2.45) is 0 Å². The van der Waals surface area contributed by atoms with Crippen molar-refractivity contribution >= 4 is 16.8 Å². The molecule has 1 amide bonds. The first-order valence-electron chi connectivity index (χ1n) is 13.2. The van der Waals surface area contributed by atoms with Gasteiger partial charge >= 0.3 is 0 Å². The van der Waals surface area contributed by atoms with Crippen molar-refractivity contribution in [3.05, 3.63) is 131 Å². The number of amides is 1. The molecule has 0 aliphatic rings. The Bertz CT molecular complexity index is 1680. The number of halogens is 1. The Morgan fingerprint density at radius 1 is 0.825 bits per heavy atom. The van der Waals surface area contributed by atoms with Gasteiger partial charge in [-0.3, -0.25) is 14.2 Å². The van der Waals surface area contributed by atoms with Crippen molar-refractivity contribution in [2.75, 3.05) is 27.2 Å². The van der Waals surface area contributed by atoms with Gasteiger partial charge in [-0.1, -0.05) is 54.6 Å². The maximum absolute atomic E-state index is 14.0. The standard InChI is InChI=1S/C33H31FN4O2/c1-23(31-35-30-12-8-7-11-29(30)33(40)38(31)28-19-17-27(34)18-20-28)37(22-21-36(2)3)32(39)26-15-13-25(14-16-26)24-9-5-4-6-10-24/h4-20,23H,21-22H2,1-3H3/t23-/m1/s1. The number of rotatable bonds is 8. The highest BCUT2D eigenvalue weighted by Crippen LogP contribution is 2.26. The molecule has 0 bridgehead atoms. The summed E-state index contributed by atoms with van der Waals surface area (Å²) in [7, 11) is 3.90. The fraction of sp³-hybridized carbons (Fsp3) is 0.182. The molecular weight excluding hydrogens is 503 g/mol. The van der Waals surface area contributed by atoms with Crippen LogP contribution >= 0.6 is 0 Å². The number of fused-ring (bicyclic) bond motifs is 1. The summed E-state index contributed by atoms with van der Waals surface area (Å²) >= 11 is 0. The number of para-hydroxylation sites is 1.